The first-order chi connectivity index (χ1) is 13.5. The van der Waals surface area contributed by atoms with Gasteiger partial charge in [0.1, 0.15) is 5.82 Å². The summed E-state index contributed by atoms with van der Waals surface area (Å²) < 4.78 is 13.7. The summed E-state index contributed by atoms with van der Waals surface area (Å²) in [6, 6.07) is 13.2. The largest absolute Gasteiger partial charge is 0.370 e. The first kappa shape index (κ1) is 18.5. The van der Waals surface area contributed by atoms with E-state index in [0.29, 0.717) is 13.0 Å². The van der Waals surface area contributed by atoms with E-state index in [0.717, 1.165) is 48.2 Å². The highest BCUT2D eigenvalue weighted by Crippen LogP contribution is 2.24. The molecule has 1 saturated heterocycles. The molecule has 2 aromatic carbocycles. The maximum absolute atomic E-state index is 13.7. The summed E-state index contributed by atoms with van der Waals surface area (Å²) in [5, 5.41) is 0.807. The number of amides is 1. The number of H-pyrrole nitrogens is 1. The predicted molar refractivity (Wildman–Crippen MR) is 111 cm³/mol. The number of fused-ring (bicyclic) bond motifs is 1. The smallest absolute Gasteiger partial charge is 0.227 e. The van der Waals surface area contributed by atoms with Crippen molar-refractivity contribution in [1.82, 2.24) is 9.88 Å². The molecular weight excluding hydrogens is 353 g/mol. The van der Waals surface area contributed by atoms with Crippen molar-refractivity contribution in [2.45, 2.75) is 26.7 Å². The monoisotopic (exact) mass is 379 g/mol. The molecule has 4 nitrogen and oxygen atoms in total. The summed E-state index contributed by atoms with van der Waals surface area (Å²) in [5.74, 6) is -0.164. The van der Waals surface area contributed by atoms with Gasteiger partial charge in [-0.2, -0.15) is 0 Å². The highest BCUT2D eigenvalue weighted by atomic mass is 19.1. The molecule has 5 heteroatoms. The molecule has 4 rings (SSSR count). The normalized spacial score (nSPS) is 15.1. The SMILES string of the molecule is Cc1ccc(N2CCCN(C(=O)Cc3c(C)[nH]c4ccc(F)cc34)CC2)cc1. The van der Waals surface area contributed by atoms with Gasteiger partial charge in [-0.1, -0.05) is 17.7 Å². The Morgan fingerprint density at radius 2 is 1.82 bits per heavy atom. The first-order valence-corrected chi connectivity index (χ1v) is 9.87. The van der Waals surface area contributed by atoms with E-state index in [9.17, 15) is 9.18 Å². The average Bonchev–Trinajstić information content (AvgIpc) is 2.86. The van der Waals surface area contributed by atoms with Crippen LogP contribution >= 0.6 is 0 Å². The molecule has 1 amide bonds. The molecule has 146 valence electrons. The van der Waals surface area contributed by atoms with E-state index in [-0.39, 0.29) is 11.7 Å². The second-order valence-electron chi connectivity index (χ2n) is 7.65. The van der Waals surface area contributed by atoms with Crippen molar-refractivity contribution in [3.63, 3.8) is 0 Å². The lowest BCUT2D eigenvalue weighted by Crippen LogP contribution is -2.36. The molecule has 1 aliphatic rings. The fraction of sp³-hybridized carbons (Fsp3) is 0.348. The van der Waals surface area contributed by atoms with Crippen LogP contribution in [0, 0.1) is 19.7 Å². The van der Waals surface area contributed by atoms with Gasteiger partial charge in [0.2, 0.25) is 5.91 Å². The molecule has 0 atom stereocenters. The Kier molecular flexibility index (Phi) is 5.07. The molecule has 3 aromatic rings. The molecule has 0 spiro atoms. The fourth-order valence-electron chi connectivity index (χ4n) is 4.03. The molecule has 0 unspecified atom stereocenters. The van der Waals surface area contributed by atoms with Crippen LogP contribution < -0.4 is 4.90 Å². The first-order valence-electron chi connectivity index (χ1n) is 9.87. The number of anilines is 1. The standard InChI is InChI=1S/C23H26FN3O/c1-16-4-7-19(8-5-16)26-10-3-11-27(13-12-26)23(28)15-20-17(2)25-22-9-6-18(24)14-21(20)22/h4-9,14,25H,3,10-13,15H2,1-2H3. The number of aromatic amines is 1. The molecular formula is C23H26FN3O. The van der Waals surface area contributed by atoms with E-state index in [1.54, 1.807) is 6.07 Å². The van der Waals surface area contributed by atoms with Crippen LogP contribution in [0.4, 0.5) is 10.1 Å². The molecule has 1 aromatic heterocycles. The molecule has 1 fully saturated rings. The van der Waals surface area contributed by atoms with Crippen molar-refractivity contribution in [3.05, 3.63) is 65.1 Å². The van der Waals surface area contributed by atoms with E-state index < -0.39 is 0 Å². The molecule has 0 bridgehead atoms. The van der Waals surface area contributed by atoms with Crippen LogP contribution in [0.3, 0.4) is 0 Å². The van der Waals surface area contributed by atoms with E-state index in [1.165, 1.54) is 23.4 Å². The topological polar surface area (TPSA) is 39.3 Å². The zero-order valence-corrected chi connectivity index (χ0v) is 16.5. The Hall–Kier alpha value is -2.82. The van der Waals surface area contributed by atoms with E-state index in [4.69, 9.17) is 0 Å². The lowest BCUT2D eigenvalue weighted by Gasteiger charge is -2.24. The summed E-state index contributed by atoms with van der Waals surface area (Å²) in [6.07, 6.45) is 1.25. The van der Waals surface area contributed by atoms with Gasteiger partial charge in [0.15, 0.2) is 0 Å². The maximum Gasteiger partial charge on any atom is 0.227 e. The summed E-state index contributed by atoms with van der Waals surface area (Å²) in [7, 11) is 0. The van der Waals surface area contributed by atoms with Gasteiger partial charge in [-0.3, -0.25) is 4.79 Å². The minimum atomic E-state index is -0.274. The number of aromatic nitrogens is 1. The number of carbonyl (C=O) groups is 1. The molecule has 1 aliphatic heterocycles. The van der Waals surface area contributed by atoms with Crippen molar-refractivity contribution >= 4 is 22.5 Å². The van der Waals surface area contributed by atoms with Gasteiger partial charge in [-0.15, -0.1) is 0 Å². The van der Waals surface area contributed by atoms with Crippen molar-refractivity contribution in [2.75, 3.05) is 31.1 Å². The zero-order valence-electron chi connectivity index (χ0n) is 16.5. The van der Waals surface area contributed by atoms with Crippen LogP contribution in [0.25, 0.3) is 10.9 Å². The van der Waals surface area contributed by atoms with E-state index in [1.807, 2.05) is 11.8 Å². The molecule has 1 N–H and O–H groups in total. The summed E-state index contributed by atoms with van der Waals surface area (Å²) in [6.45, 7) is 7.28. The Morgan fingerprint density at radius 1 is 1.04 bits per heavy atom. The van der Waals surface area contributed by atoms with E-state index >= 15 is 0 Å². The number of carbonyl (C=O) groups excluding carboxylic acids is 1. The molecule has 0 radical (unpaired) electrons. The van der Waals surface area contributed by atoms with Crippen LogP contribution in [0.2, 0.25) is 0 Å². The maximum atomic E-state index is 13.7. The van der Waals surface area contributed by atoms with Crippen molar-refractivity contribution in [1.29, 1.82) is 0 Å². The van der Waals surface area contributed by atoms with Crippen molar-refractivity contribution in [3.8, 4) is 0 Å². The number of benzene rings is 2. The second kappa shape index (κ2) is 7.66. The number of nitrogens with one attached hydrogen (secondary N) is 1. The number of hydrogen-bond acceptors (Lipinski definition) is 2. The van der Waals surface area contributed by atoms with Crippen LogP contribution in [-0.2, 0) is 11.2 Å². The van der Waals surface area contributed by atoms with Crippen LogP contribution in [0.1, 0.15) is 23.2 Å². The van der Waals surface area contributed by atoms with Gasteiger partial charge in [0, 0.05) is 48.5 Å². The highest BCUT2D eigenvalue weighted by Gasteiger charge is 2.21. The minimum Gasteiger partial charge on any atom is -0.370 e. The average molecular weight is 379 g/mol. The number of nitrogens with zero attached hydrogens (tertiary/aromatic N) is 2. The zero-order chi connectivity index (χ0) is 19.7. The van der Waals surface area contributed by atoms with Gasteiger partial charge in [0.05, 0.1) is 6.42 Å². The predicted octanol–water partition coefficient (Wildman–Crippen LogP) is 4.21. The third-order valence-corrected chi connectivity index (χ3v) is 5.66. The van der Waals surface area contributed by atoms with Crippen LogP contribution in [0.15, 0.2) is 42.5 Å². The Bertz CT molecular complexity index is 993. The number of halogens is 1. The van der Waals surface area contributed by atoms with Gasteiger partial charge in [-0.25, -0.2) is 4.39 Å². The van der Waals surface area contributed by atoms with Gasteiger partial charge >= 0.3 is 0 Å². The van der Waals surface area contributed by atoms with Crippen LogP contribution in [0.5, 0.6) is 0 Å². The summed E-state index contributed by atoms with van der Waals surface area (Å²) >= 11 is 0. The lowest BCUT2D eigenvalue weighted by atomic mass is 10.1. The Labute approximate surface area is 165 Å². The molecule has 28 heavy (non-hydrogen) atoms. The summed E-state index contributed by atoms with van der Waals surface area (Å²) in [5.41, 5.74) is 5.18. The number of aryl methyl sites for hydroxylation is 2. The third kappa shape index (κ3) is 3.75. The molecule has 0 saturated carbocycles. The van der Waals surface area contributed by atoms with E-state index in [2.05, 4.69) is 41.1 Å². The fourth-order valence-corrected chi connectivity index (χ4v) is 4.03. The minimum absolute atomic E-state index is 0.110. The molecule has 2 heterocycles. The van der Waals surface area contributed by atoms with Crippen LogP contribution in [-0.4, -0.2) is 42.0 Å². The van der Waals surface area contributed by atoms with Crippen molar-refractivity contribution < 1.29 is 9.18 Å². The van der Waals surface area contributed by atoms with Crippen molar-refractivity contribution in [2.24, 2.45) is 0 Å². The Morgan fingerprint density at radius 3 is 2.61 bits per heavy atom. The summed E-state index contributed by atoms with van der Waals surface area (Å²) in [4.78, 5) is 20.5. The molecule has 0 aliphatic carbocycles. The van der Waals surface area contributed by atoms with Gasteiger partial charge in [-0.05, 0) is 56.2 Å². The highest BCUT2D eigenvalue weighted by molar-refractivity contribution is 5.90. The van der Waals surface area contributed by atoms with Gasteiger partial charge < -0.3 is 14.8 Å². The number of rotatable bonds is 3. The number of hydrogen-bond donors (Lipinski definition) is 1. The quantitative estimate of drug-likeness (QED) is 0.741. The third-order valence-electron chi connectivity index (χ3n) is 5.66. The Balaban J connectivity index is 1.46. The second-order valence-corrected chi connectivity index (χ2v) is 7.65. The van der Waals surface area contributed by atoms with Gasteiger partial charge in [0.25, 0.3) is 0 Å². The lowest BCUT2D eigenvalue weighted by molar-refractivity contribution is -0.130.